The van der Waals surface area contributed by atoms with E-state index in [2.05, 4.69) is 0 Å². The zero-order valence-electron chi connectivity index (χ0n) is 10.9. The van der Waals surface area contributed by atoms with Gasteiger partial charge in [-0.3, -0.25) is 14.9 Å². The molecule has 23 heavy (non-hydrogen) atoms. The van der Waals surface area contributed by atoms with Gasteiger partial charge < -0.3 is 5.32 Å². The number of benzene rings is 2. The number of nitrogens with zero attached hydrogens (tertiary/aromatic N) is 1. The monoisotopic (exact) mass is 332 g/mol. The molecule has 2 aromatic carbocycles. The van der Waals surface area contributed by atoms with Gasteiger partial charge in [0.2, 0.25) is 5.82 Å². The summed E-state index contributed by atoms with van der Waals surface area (Å²) < 4.78 is 65.8. The van der Waals surface area contributed by atoms with Crippen LogP contribution < -0.4 is 5.32 Å². The maximum Gasteiger partial charge on any atom is 0.270 e. The van der Waals surface area contributed by atoms with Crippen molar-refractivity contribution in [2.75, 3.05) is 5.32 Å². The Morgan fingerprint density at radius 1 is 0.957 bits per heavy atom. The minimum atomic E-state index is -2.37. The number of nitrogens with one attached hydrogen (secondary N) is 1. The van der Waals surface area contributed by atoms with Crippen LogP contribution in [0.15, 0.2) is 24.3 Å². The molecule has 0 fully saturated rings. The number of nitro benzene ring substituents is 1. The first-order valence-corrected chi connectivity index (χ1v) is 5.81. The normalized spacial score (nSPS) is 10.5. The molecule has 0 spiro atoms. The summed E-state index contributed by atoms with van der Waals surface area (Å²) in [6.45, 7) is 0. The Balaban J connectivity index is 2.42. The number of nitro groups is 1. The topological polar surface area (TPSA) is 72.2 Å². The van der Waals surface area contributed by atoms with Crippen molar-refractivity contribution in [1.82, 2.24) is 0 Å². The largest absolute Gasteiger partial charge is 0.317 e. The number of non-ortho nitro benzene ring substituents is 1. The molecule has 0 unspecified atom stereocenters. The van der Waals surface area contributed by atoms with Crippen molar-refractivity contribution in [1.29, 1.82) is 0 Å². The first kappa shape index (κ1) is 16.3. The Morgan fingerprint density at radius 2 is 1.48 bits per heavy atom. The summed E-state index contributed by atoms with van der Waals surface area (Å²) in [4.78, 5) is 21.6. The number of halogens is 5. The van der Waals surface area contributed by atoms with Gasteiger partial charge in [0.15, 0.2) is 23.3 Å². The molecule has 10 heteroatoms. The lowest BCUT2D eigenvalue weighted by Crippen LogP contribution is -2.17. The summed E-state index contributed by atoms with van der Waals surface area (Å²) in [5.41, 5.74) is -2.43. The number of carbonyl (C=O) groups is 1. The second kappa shape index (κ2) is 5.99. The lowest BCUT2D eigenvalue weighted by molar-refractivity contribution is -0.384. The fourth-order valence-corrected chi connectivity index (χ4v) is 1.66. The summed E-state index contributed by atoms with van der Waals surface area (Å²) in [7, 11) is 0. The van der Waals surface area contributed by atoms with Gasteiger partial charge in [-0.05, 0) is 6.07 Å². The molecule has 0 aromatic heterocycles. The third-order valence-electron chi connectivity index (χ3n) is 2.77. The molecule has 0 saturated carbocycles. The second-order valence-corrected chi connectivity index (χ2v) is 4.21. The Labute approximate surface area is 124 Å². The molecule has 120 valence electrons. The van der Waals surface area contributed by atoms with E-state index in [0.717, 1.165) is 24.3 Å². The molecule has 0 heterocycles. The molecule has 5 nitrogen and oxygen atoms in total. The maximum atomic E-state index is 13.4. The zero-order valence-corrected chi connectivity index (χ0v) is 10.9. The molecule has 2 aromatic rings. The van der Waals surface area contributed by atoms with Crippen LogP contribution in [-0.4, -0.2) is 10.8 Å². The minimum absolute atomic E-state index is 0.400. The van der Waals surface area contributed by atoms with E-state index in [1.54, 1.807) is 0 Å². The molecule has 1 N–H and O–H groups in total. The Kier molecular flexibility index (Phi) is 4.25. The third-order valence-corrected chi connectivity index (χ3v) is 2.77. The van der Waals surface area contributed by atoms with E-state index in [1.807, 2.05) is 0 Å². The lowest BCUT2D eigenvalue weighted by Gasteiger charge is -2.09. The fourth-order valence-electron chi connectivity index (χ4n) is 1.66. The van der Waals surface area contributed by atoms with Crippen LogP contribution in [0.1, 0.15) is 10.4 Å². The van der Waals surface area contributed by atoms with Gasteiger partial charge >= 0.3 is 0 Å². The van der Waals surface area contributed by atoms with Crippen molar-refractivity contribution in [2.45, 2.75) is 0 Å². The Morgan fingerprint density at radius 3 is 2.00 bits per heavy atom. The zero-order chi connectivity index (χ0) is 17.3. The van der Waals surface area contributed by atoms with E-state index in [4.69, 9.17) is 0 Å². The predicted octanol–water partition coefficient (Wildman–Crippen LogP) is 3.54. The molecule has 0 bridgehead atoms. The van der Waals surface area contributed by atoms with Crippen LogP contribution in [0.5, 0.6) is 0 Å². The second-order valence-electron chi connectivity index (χ2n) is 4.21. The van der Waals surface area contributed by atoms with Crippen molar-refractivity contribution in [3.63, 3.8) is 0 Å². The molecule has 0 saturated heterocycles. The smallest absolute Gasteiger partial charge is 0.270 e. The molecular formula is C13H5F5N2O3. The molecule has 0 radical (unpaired) electrons. The first-order chi connectivity index (χ1) is 10.7. The molecule has 0 aliphatic heterocycles. The van der Waals surface area contributed by atoms with E-state index >= 15 is 0 Å². The minimum Gasteiger partial charge on any atom is -0.317 e. The van der Waals surface area contributed by atoms with Crippen molar-refractivity contribution >= 4 is 17.3 Å². The van der Waals surface area contributed by atoms with E-state index in [9.17, 15) is 36.9 Å². The molecule has 2 rings (SSSR count). The van der Waals surface area contributed by atoms with Crippen LogP contribution in [0.25, 0.3) is 0 Å². The van der Waals surface area contributed by atoms with Gasteiger partial charge in [-0.15, -0.1) is 0 Å². The summed E-state index contributed by atoms with van der Waals surface area (Å²) in [5.74, 6) is -12.5. The molecule has 0 aliphatic rings. The lowest BCUT2D eigenvalue weighted by atomic mass is 10.1. The number of rotatable bonds is 3. The Hall–Kier alpha value is -3.04. The van der Waals surface area contributed by atoms with Crippen LogP contribution in [0.3, 0.4) is 0 Å². The van der Waals surface area contributed by atoms with E-state index in [-0.39, 0.29) is 0 Å². The number of amides is 1. The third kappa shape index (κ3) is 2.96. The SMILES string of the molecule is O=C(Nc1c(F)c(F)c(F)c(F)c1F)c1cccc([N+](=O)[O-])c1. The summed E-state index contributed by atoms with van der Waals surface area (Å²) in [5, 5.41) is 12.1. The highest BCUT2D eigenvalue weighted by Crippen LogP contribution is 2.27. The van der Waals surface area contributed by atoms with Crippen molar-refractivity contribution < 1.29 is 31.7 Å². The molecule has 0 aliphatic carbocycles. The van der Waals surface area contributed by atoms with Gasteiger partial charge in [0.05, 0.1) is 4.92 Å². The van der Waals surface area contributed by atoms with E-state index in [0.29, 0.717) is 0 Å². The van der Waals surface area contributed by atoms with Gasteiger partial charge in [0.1, 0.15) is 5.69 Å². The standard InChI is InChI=1S/C13H5F5N2O3/c14-7-8(15)10(17)12(11(18)9(7)16)19-13(21)5-2-1-3-6(4-5)20(22)23/h1-4H,(H,19,21). The van der Waals surface area contributed by atoms with E-state index in [1.165, 1.54) is 5.32 Å². The van der Waals surface area contributed by atoms with Crippen LogP contribution in [-0.2, 0) is 0 Å². The predicted molar refractivity (Wildman–Crippen MR) is 67.3 cm³/mol. The number of hydrogen-bond donors (Lipinski definition) is 1. The highest BCUT2D eigenvalue weighted by atomic mass is 19.2. The van der Waals surface area contributed by atoms with Gasteiger partial charge in [-0.2, -0.15) is 0 Å². The van der Waals surface area contributed by atoms with Gasteiger partial charge in [0, 0.05) is 17.7 Å². The molecule has 0 atom stereocenters. The van der Waals surface area contributed by atoms with E-state index < -0.39 is 56.9 Å². The van der Waals surface area contributed by atoms with Crippen LogP contribution >= 0.6 is 0 Å². The average molecular weight is 332 g/mol. The summed E-state index contributed by atoms with van der Waals surface area (Å²) in [6.07, 6.45) is 0. The fraction of sp³-hybridized carbons (Fsp3) is 0. The van der Waals surface area contributed by atoms with Crippen molar-refractivity contribution in [2.24, 2.45) is 0 Å². The van der Waals surface area contributed by atoms with Crippen molar-refractivity contribution in [3.05, 3.63) is 69.0 Å². The number of anilines is 1. The average Bonchev–Trinajstić information content (AvgIpc) is 2.55. The summed E-state index contributed by atoms with van der Waals surface area (Å²) >= 11 is 0. The number of hydrogen-bond acceptors (Lipinski definition) is 3. The number of carbonyl (C=O) groups excluding carboxylic acids is 1. The first-order valence-electron chi connectivity index (χ1n) is 5.81. The highest BCUT2D eigenvalue weighted by Gasteiger charge is 2.27. The highest BCUT2D eigenvalue weighted by molar-refractivity contribution is 6.04. The van der Waals surface area contributed by atoms with Crippen LogP contribution in [0.4, 0.5) is 33.3 Å². The summed E-state index contributed by atoms with van der Waals surface area (Å²) in [6, 6.07) is 4.01. The molecular weight excluding hydrogens is 327 g/mol. The van der Waals surface area contributed by atoms with Crippen LogP contribution in [0.2, 0.25) is 0 Å². The Bertz CT molecular complexity index is 796. The quantitative estimate of drug-likeness (QED) is 0.307. The van der Waals surface area contributed by atoms with Gasteiger partial charge in [0.25, 0.3) is 11.6 Å². The maximum absolute atomic E-state index is 13.4. The molecule has 1 amide bonds. The van der Waals surface area contributed by atoms with Gasteiger partial charge in [-0.1, -0.05) is 6.07 Å². The van der Waals surface area contributed by atoms with Gasteiger partial charge in [-0.25, -0.2) is 22.0 Å². The van der Waals surface area contributed by atoms with Crippen molar-refractivity contribution in [3.8, 4) is 0 Å². The van der Waals surface area contributed by atoms with Crippen LogP contribution in [0, 0.1) is 39.2 Å².